The molecular formula is C14H17BrClNO2. The normalized spacial score (nSPS) is 15.1. The molecule has 1 aromatic carbocycles. The van der Waals surface area contributed by atoms with Crippen LogP contribution in [0.25, 0.3) is 0 Å². The maximum absolute atomic E-state index is 12.0. The van der Waals surface area contributed by atoms with Gasteiger partial charge < -0.3 is 9.64 Å². The number of hydrogen-bond donors (Lipinski definition) is 0. The fourth-order valence-corrected chi connectivity index (χ4v) is 2.61. The highest BCUT2D eigenvalue weighted by molar-refractivity contribution is 9.10. The molecule has 2 rings (SSSR count). The van der Waals surface area contributed by atoms with Crippen molar-refractivity contribution < 1.29 is 9.53 Å². The van der Waals surface area contributed by atoms with Crippen LogP contribution in [0.4, 0.5) is 4.79 Å². The summed E-state index contributed by atoms with van der Waals surface area (Å²) < 4.78 is 6.29. The summed E-state index contributed by atoms with van der Waals surface area (Å²) in [6.07, 6.45) is 0.557. The van der Waals surface area contributed by atoms with Gasteiger partial charge in [-0.05, 0) is 66.4 Å². The van der Waals surface area contributed by atoms with E-state index in [0.717, 1.165) is 16.5 Å². The second-order valence-electron chi connectivity index (χ2n) is 5.69. The third kappa shape index (κ3) is 3.63. The fourth-order valence-electron chi connectivity index (χ4n) is 2.03. The molecule has 104 valence electrons. The van der Waals surface area contributed by atoms with Gasteiger partial charge in [0.25, 0.3) is 0 Å². The molecule has 0 saturated carbocycles. The Bertz CT molecular complexity index is 511. The molecule has 1 heterocycles. The van der Waals surface area contributed by atoms with Gasteiger partial charge in [0.15, 0.2) is 0 Å². The van der Waals surface area contributed by atoms with Crippen molar-refractivity contribution in [2.75, 3.05) is 6.54 Å². The fraction of sp³-hybridized carbons (Fsp3) is 0.500. The Morgan fingerprint density at radius 1 is 1.37 bits per heavy atom. The van der Waals surface area contributed by atoms with Gasteiger partial charge in [-0.25, -0.2) is 4.79 Å². The van der Waals surface area contributed by atoms with Crippen LogP contribution in [0.5, 0.6) is 0 Å². The predicted molar refractivity (Wildman–Crippen MR) is 79.5 cm³/mol. The summed E-state index contributed by atoms with van der Waals surface area (Å²) in [6.45, 7) is 6.84. The second kappa shape index (κ2) is 5.33. The molecular weight excluding hydrogens is 330 g/mol. The first-order chi connectivity index (χ1) is 8.76. The van der Waals surface area contributed by atoms with Crippen molar-refractivity contribution in [3.8, 4) is 0 Å². The zero-order chi connectivity index (χ0) is 14.2. The first kappa shape index (κ1) is 14.7. The van der Waals surface area contributed by atoms with E-state index in [1.165, 1.54) is 5.56 Å². The quantitative estimate of drug-likeness (QED) is 0.697. The molecule has 0 N–H and O–H groups in total. The van der Waals surface area contributed by atoms with E-state index >= 15 is 0 Å². The van der Waals surface area contributed by atoms with E-state index in [0.29, 0.717) is 18.1 Å². The highest BCUT2D eigenvalue weighted by Gasteiger charge is 2.26. The predicted octanol–water partition coefficient (Wildman–Crippen LogP) is 4.40. The lowest BCUT2D eigenvalue weighted by atomic mass is 10.0. The number of rotatable bonds is 0. The standard InChI is InChI=1S/C14H17BrClNO2/c1-14(2,3)19-13(18)17-5-4-9-6-11(15)12(16)7-10(9)8-17/h6-7H,4-5,8H2,1-3H3. The first-order valence-electron chi connectivity index (χ1n) is 6.21. The molecule has 0 aromatic heterocycles. The molecule has 0 radical (unpaired) electrons. The van der Waals surface area contributed by atoms with Crippen molar-refractivity contribution in [2.45, 2.75) is 39.3 Å². The number of nitrogens with zero attached hydrogens (tertiary/aromatic N) is 1. The molecule has 0 aliphatic carbocycles. The SMILES string of the molecule is CC(C)(C)OC(=O)N1CCc2cc(Br)c(Cl)cc2C1. The third-order valence-electron chi connectivity index (χ3n) is 2.91. The van der Waals surface area contributed by atoms with Gasteiger partial charge in [0.2, 0.25) is 0 Å². The number of benzene rings is 1. The van der Waals surface area contributed by atoms with Crippen LogP contribution in [0.15, 0.2) is 16.6 Å². The van der Waals surface area contributed by atoms with Crippen molar-refractivity contribution >= 4 is 33.6 Å². The van der Waals surface area contributed by atoms with Gasteiger partial charge in [-0.1, -0.05) is 11.6 Å². The summed E-state index contributed by atoms with van der Waals surface area (Å²) in [4.78, 5) is 13.8. The highest BCUT2D eigenvalue weighted by atomic mass is 79.9. The summed E-state index contributed by atoms with van der Waals surface area (Å²) in [5, 5.41) is 0.671. The van der Waals surface area contributed by atoms with Gasteiger partial charge in [-0.2, -0.15) is 0 Å². The number of amides is 1. The average molecular weight is 347 g/mol. The van der Waals surface area contributed by atoms with Gasteiger partial charge in [-0.15, -0.1) is 0 Å². The number of ether oxygens (including phenoxy) is 1. The summed E-state index contributed by atoms with van der Waals surface area (Å²) >= 11 is 9.52. The third-order valence-corrected chi connectivity index (χ3v) is 4.10. The van der Waals surface area contributed by atoms with Crippen LogP contribution in [0, 0.1) is 0 Å². The molecule has 1 aliphatic heterocycles. The molecule has 1 aliphatic rings. The average Bonchev–Trinajstić information content (AvgIpc) is 2.27. The van der Waals surface area contributed by atoms with Crippen molar-refractivity contribution in [3.05, 3.63) is 32.8 Å². The molecule has 0 spiro atoms. The molecule has 1 amide bonds. The Labute approximate surface area is 127 Å². The van der Waals surface area contributed by atoms with Gasteiger partial charge >= 0.3 is 6.09 Å². The molecule has 0 atom stereocenters. The zero-order valence-electron chi connectivity index (χ0n) is 11.3. The second-order valence-corrected chi connectivity index (χ2v) is 6.95. The van der Waals surface area contributed by atoms with E-state index in [1.54, 1.807) is 4.90 Å². The number of carbonyl (C=O) groups is 1. The van der Waals surface area contributed by atoms with Crippen molar-refractivity contribution in [1.29, 1.82) is 0 Å². The minimum atomic E-state index is -0.464. The largest absolute Gasteiger partial charge is 0.444 e. The molecule has 5 heteroatoms. The van der Waals surface area contributed by atoms with E-state index in [4.69, 9.17) is 16.3 Å². The lowest BCUT2D eigenvalue weighted by Gasteiger charge is -2.31. The summed E-state index contributed by atoms with van der Waals surface area (Å²) in [6, 6.07) is 3.95. The van der Waals surface area contributed by atoms with Crippen LogP contribution in [0.2, 0.25) is 5.02 Å². The van der Waals surface area contributed by atoms with Crippen LogP contribution >= 0.6 is 27.5 Å². The maximum Gasteiger partial charge on any atom is 0.410 e. The highest BCUT2D eigenvalue weighted by Crippen LogP contribution is 2.30. The topological polar surface area (TPSA) is 29.5 Å². The molecule has 19 heavy (non-hydrogen) atoms. The van der Waals surface area contributed by atoms with Gasteiger partial charge in [0.1, 0.15) is 5.60 Å². The molecule has 1 aromatic rings. The summed E-state index contributed by atoms with van der Waals surface area (Å²) in [7, 11) is 0. The Morgan fingerprint density at radius 3 is 2.68 bits per heavy atom. The smallest absolute Gasteiger partial charge is 0.410 e. The van der Waals surface area contributed by atoms with Crippen LogP contribution in [-0.4, -0.2) is 23.1 Å². The van der Waals surface area contributed by atoms with Crippen LogP contribution in [0.3, 0.4) is 0 Å². The number of halogens is 2. The molecule has 0 unspecified atom stereocenters. The molecule has 3 nitrogen and oxygen atoms in total. The van der Waals surface area contributed by atoms with Crippen LogP contribution in [0.1, 0.15) is 31.9 Å². The Morgan fingerprint density at radius 2 is 2.05 bits per heavy atom. The van der Waals surface area contributed by atoms with E-state index in [9.17, 15) is 4.79 Å². The summed E-state index contributed by atoms with van der Waals surface area (Å²) in [5.74, 6) is 0. The van der Waals surface area contributed by atoms with Crippen molar-refractivity contribution in [3.63, 3.8) is 0 Å². The van der Waals surface area contributed by atoms with Gasteiger partial charge in [0, 0.05) is 17.6 Å². The molecule has 0 fully saturated rings. The van der Waals surface area contributed by atoms with E-state index in [1.807, 2.05) is 32.9 Å². The van der Waals surface area contributed by atoms with E-state index in [2.05, 4.69) is 15.9 Å². The minimum absolute atomic E-state index is 0.266. The number of fused-ring (bicyclic) bond motifs is 1. The summed E-state index contributed by atoms with van der Waals surface area (Å²) in [5.41, 5.74) is 1.86. The minimum Gasteiger partial charge on any atom is -0.444 e. The molecule has 0 saturated heterocycles. The van der Waals surface area contributed by atoms with E-state index < -0.39 is 5.60 Å². The Balaban J connectivity index is 2.14. The molecule has 0 bridgehead atoms. The number of carbonyl (C=O) groups excluding carboxylic acids is 1. The van der Waals surface area contributed by atoms with Crippen molar-refractivity contribution in [2.24, 2.45) is 0 Å². The Kier molecular flexibility index (Phi) is 4.11. The number of hydrogen-bond acceptors (Lipinski definition) is 2. The maximum atomic E-state index is 12.0. The monoisotopic (exact) mass is 345 g/mol. The van der Waals surface area contributed by atoms with E-state index in [-0.39, 0.29) is 6.09 Å². The van der Waals surface area contributed by atoms with Gasteiger partial charge in [0.05, 0.1) is 5.02 Å². The van der Waals surface area contributed by atoms with Crippen LogP contribution in [-0.2, 0) is 17.7 Å². The first-order valence-corrected chi connectivity index (χ1v) is 7.38. The van der Waals surface area contributed by atoms with Gasteiger partial charge in [-0.3, -0.25) is 0 Å². The zero-order valence-corrected chi connectivity index (χ0v) is 13.6. The lowest BCUT2D eigenvalue weighted by molar-refractivity contribution is 0.0224. The van der Waals surface area contributed by atoms with Crippen LogP contribution < -0.4 is 0 Å². The Hall–Kier alpha value is -0.740. The lowest BCUT2D eigenvalue weighted by Crippen LogP contribution is -2.39. The van der Waals surface area contributed by atoms with Crippen molar-refractivity contribution in [1.82, 2.24) is 4.90 Å².